The van der Waals surface area contributed by atoms with Crippen molar-refractivity contribution >= 4 is 5.91 Å². The van der Waals surface area contributed by atoms with Crippen molar-refractivity contribution in [2.24, 2.45) is 5.92 Å². The van der Waals surface area contributed by atoms with Crippen molar-refractivity contribution < 1.29 is 31.1 Å². The number of alkyl halides is 6. The fourth-order valence-electron chi connectivity index (χ4n) is 2.29. The van der Waals surface area contributed by atoms with E-state index in [0.29, 0.717) is 25.7 Å². The summed E-state index contributed by atoms with van der Waals surface area (Å²) in [5.74, 6) is -5.98. The highest BCUT2D eigenvalue weighted by atomic mass is 19.4. The first kappa shape index (κ1) is 17.1. The number of carbonyl (C=O) groups excluding carboxylic acids is 1. The third kappa shape index (κ3) is 4.53. The Kier molecular flexibility index (Phi) is 5.28. The number of hydrogen-bond acceptors (Lipinski definition) is 2. The van der Waals surface area contributed by atoms with Crippen molar-refractivity contribution in [3.8, 4) is 0 Å². The first-order valence-electron chi connectivity index (χ1n) is 6.16. The van der Waals surface area contributed by atoms with Gasteiger partial charge in [0.15, 0.2) is 0 Å². The van der Waals surface area contributed by atoms with Gasteiger partial charge in [-0.1, -0.05) is 0 Å². The Balaban J connectivity index is 2.64. The number of nitrogens with one attached hydrogen (secondary N) is 2. The van der Waals surface area contributed by atoms with Gasteiger partial charge in [-0.2, -0.15) is 26.3 Å². The maximum atomic E-state index is 12.3. The van der Waals surface area contributed by atoms with Crippen molar-refractivity contribution in [1.82, 2.24) is 10.6 Å². The number of carbonyl (C=O) groups is 1. The largest absolute Gasteiger partial charge is 0.409 e. The maximum Gasteiger partial charge on any atom is 0.409 e. The molecule has 0 atom stereocenters. The summed E-state index contributed by atoms with van der Waals surface area (Å²) in [5.41, 5.74) is 0. The molecular weight excluding hydrogens is 290 g/mol. The molecule has 1 aliphatic rings. The second-order valence-corrected chi connectivity index (χ2v) is 4.86. The van der Waals surface area contributed by atoms with Gasteiger partial charge in [0.05, 0.1) is 0 Å². The van der Waals surface area contributed by atoms with E-state index < -0.39 is 30.2 Å². The van der Waals surface area contributed by atoms with E-state index in [1.54, 1.807) is 7.05 Å². The molecule has 0 aliphatic heterocycles. The van der Waals surface area contributed by atoms with Crippen LogP contribution in [0.25, 0.3) is 0 Å². The summed E-state index contributed by atoms with van der Waals surface area (Å²) in [5, 5.41) is 4.85. The standard InChI is InChI=1S/C11H16F6N2O/c1-18-6-2-4-7(5-3-6)19-9(20)8(10(12,13)14)11(15,16)17/h6-8,18H,2-5H2,1H3,(H,19,20). The van der Waals surface area contributed by atoms with Gasteiger partial charge >= 0.3 is 12.4 Å². The zero-order chi connectivity index (χ0) is 15.6. The molecular formula is C11H16F6N2O. The van der Waals surface area contributed by atoms with Crippen LogP contribution in [0.3, 0.4) is 0 Å². The van der Waals surface area contributed by atoms with Gasteiger partial charge in [-0.05, 0) is 32.7 Å². The molecule has 0 aromatic heterocycles. The lowest BCUT2D eigenvalue weighted by atomic mass is 9.91. The molecule has 0 aromatic carbocycles. The minimum Gasteiger partial charge on any atom is -0.353 e. The third-order valence-corrected chi connectivity index (χ3v) is 3.40. The average molecular weight is 306 g/mol. The SMILES string of the molecule is CNC1CCC(NC(=O)C(C(F)(F)F)C(F)(F)F)CC1. The molecule has 118 valence electrons. The summed E-state index contributed by atoms with van der Waals surface area (Å²) in [6, 6.07) is -0.455. The van der Waals surface area contributed by atoms with Crippen LogP contribution in [0.1, 0.15) is 25.7 Å². The van der Waals surface area contributed by atoms with E-state index >= 15 is 0 Å². The number of halogens is 6. The normalized spacial score (nSPS) is 24.8. The van der Waals surface area contributed by atoms with Crippen LogP contribution in [0.4, 0.5) is 26.3 Å². The number of hydrogen-bond donors (Lipinski definition) is 2. The minimum atomic E-state index is -5.63. The molecule has 9 heteroatoms. The van der Waals surface area contributed by atoms with Crippen molar-refractivity contribution in [3.63, 3.8) is 0 Å². The van der Waals surface area contributed by atoms with E-state index in [1.165, 1.54) is 0 Å². The molecule has 2 N–H and O–H groups in total. The first-order valence-corrected chi connectivity index (χ1v) is 6.16. The fourth-order valence-corrected chi connectivity index (χ4v) is 2.29. The Morgan fingerprint density at radius 1 is 0.950 bits per heavy atom. The Morgan fingerprint density at radius 2 is 1.35 bits per heavy atom. The topological polar surface area (TPSA) is 41.1 Å². The van der Waals surface area contributed by atoms with E-state index in [9.17, 15) is 31.1 Å². The smallest absolute Gasteiger partial charge is 0.353 e. The van der Waals surface area contributed by atoms with Gasteiger partial charge in [0.2, 0.25) is 11.8 Å². The van der Waals surface area contributed by atoms with Crippen molar-refractivity contribution in [2.45, 2.75) is 50.1 Å². The van der Waals surface area contributed by atoms with Gasteiger partial charge in [-0.15, -0.1) is 0 Å². The molecule has 0 bridgehead atoms. The maximum absolute atomic E-state index is 12.3. The molecule has 1 rings (SSSR count). The third-order valence-electron chi connectivity index (χ3n) is 3.40. The van der Waals surface area contributed by atoms with Crippen LogP contribution in [0.15, 0.2) is 0 Å². The summed E-state index contributed by atoms with van der Waals surface area (Å²) in [4.78, 5) is 11.3. The molecule has 0 saturated heterocycles. The van der Waals surface area contributed by atoms with Crippen LogP contribution in [0.2, 0.25) is 0 Å². The Morgan fingerprint density at radius 3 is 1.70 bits per heavy atom. The molecule has 0 unspecified atom stereocenters. The quantitative estimate of drug-likeness (QED) is 0.786. The summed E-state index contributed by atoms with van der Waals surface area (Å²) in [6.45, 7) is 0. The van der Waals surface area contributed by atoms with Crippen LogP contribution in [-0.2, 0) is 4.79 Å². The van der Waals surface area contributed by atoms with Gasteiger partial charge in [-0.3, -0.25) is 4.79 Å². The van der Waals surface area contributed by atoms with E-state index in [1.807, 2.05) is 5.32 Å². The highest BCUT2D eigenvalue weighted by Crippen LogP contribution is 2.39. The molecule has 0 heterocycles. The van der Waals surface area contributed by atoms with E-state index in [2.05, 4.69) is 5.32 Å². The van der Waals surface area contributed by atoms with E-state index in [0.717, 1.165) is 0 Å². The number of rotatable bonds is 3. The van der Waals surface area contributed by atoms with Gasteiger partial charge in [0.25, 0.3) is 0 Å². The lowest BCUT2D eigenvalue weighted by molar-refractivity contribution is -0.274. The van der Waals surface area contributed by atoms with Gasteiger partial charge < -0.3 is 10.6 Å². The summed E-state index contributed by atoms with van der Waals surface area (Å²) in [6.07, 6.45) is -9.34. The molecule has 1 amide bonds. The molecule has 0 aromatic rings. The molecule has 0 radical (unpaired) electrons. The lowest BCUT2D eigenvalue weighted by Gasteiger charge is -2.30. The highest BCUT2D eigenvalue weighted by molar-refractivity contribution is 5.80. The molecule has 1 fully saturated rings. The Bertz CT molecular complexity index is 319. The molecule has 1 saturated carbocycles. The zero-order valence-corrected chi connectivity index (χ0v) is 10.7. The Labute approximate surface area is 112 Å². The minimum absolute atomic E-state index is 0.184. The molecule has 3 nitrogen and oxygen atoms in total. The summed E-state index contributed by atoms with van der Waals surface area (Å²) in [7, 11) is 1.73. The predicted octanol–water partition coefficient (Wildman–Crippen LogP) is 2.37. The fraction of sp³-hybridized carbons (Fsp3) is 0.909. The van der Waals surface area contributed by atoms with Gasteiger partial charge in [0.1, 0.15) is 0 Å². The van der Waals surface area contributed by atoms with Crippen LogP contribution < -0.4 is 10.6 Å². The monoisotopic (exact) mass is 306 g/mol. The van der Waals surface area contributed by atoms with Crippen LogP contribution in [0.5, 0.6) is 0 Å². The van der Waals surface area contributed by atoms with Crippen molar-refractivity contribution in [2.75, 3.05) is 7.05 Å². The van der Waals surface area contributed by atoms with E-state index in [4.69, 9.17) is 0 Å². The molecule has 1 aliphatic carbocycles. The van der Waals surface area contributed by atoms with Crippen molar-refractivity contribution in [3.05, 3.63) is 0 Å². The van der Waals surface area contributed by atoms with Crippen LogP contribution >= 0.6 is 0 Å². The number of amides is 1. The Hall–Kier alpha value is -0.990. The van der Waals surface area contributed by atoms with E-state index in [-0.39, 0.29) is 6.04 Å². The van der Waals surface area contributed by atoms with Gasteiger partial charge in [-0.25, -0.2) is 0 Å². The van der Waals surface area contributed by atoms with Crippen LogP contribution in [0, 0.1) is 5.92 Å². The summed E-state index contributed by atoms with van der Waals surface area (Å²) >= 11 is 0. The second-order valence-electron chi connectivity index (χ2n) is 4.86. The lowest BCUT2D eigenvalue weighted by Crippen LogP contribution is -2.51. The molecule has 0 spiro atoms. The van der Waals surface area contributed by atoms with Crippen LogP contribution in [-0.4, -0.2) is 37.4 Å². The summed E-state index contributed by atoms with van der Waals surface area (Å²) < 4.78 is 74.1. The first-order chi connectivity index (χ1) is 9.05. The van der Waals surface area contributed by atoms with Crippen molar-refractivity contribution in [1.29, 1.82) is 0 Å². The second kappa shape index (κ2) is 6.19. The molecule has 20 heavy (non-hydrogen) atoms. The average Bonchev–Trinajstić information content (AvgIpc) is 2.25. The highest BCUT2D eigenvalue weighted by Gasteiger charge is 2.61. The van der Waals surface area contributed by atoms with Gasteiger partial charge in [0, 0.05) is 12.1 Å². The zero-order valence-electron chi connectivity index (χ0n) is 10.7. The predicted molar refractivity (Wildman–Crippen MR) is 58.8 cm³/mol.